The number of amides is 1. The van der Waals surface area contributed by atoms with Crippen LogP contribution in [0.2, 0.25) is 0 Å². The maximum Gasteiger partial charge on any atom is 0.271 e. The van der Waals surface area contributed by atoms with Gasteiger partial charge in [-0.15, -0.1) is 0 Å². The van der Waals surface area contributed by atoms with E-state index in [0.29, 0.717) is 18.8 Å². The topological polar surface area (TPSA) is 72.9 Å². The number of hydrogen-bond acceptors (Lipinski definition) is 3. The Bertz CT molecular complexity index is 635. The van der Waals surface area contributed by atoms with Crippen LogP contribution in [-0.4, -0.2) is 28.0 Å². The van der Waals surface area contributed by atoms with Crippen LogP contribution < -0.4 is 11.1 Å². The van der Waals surface area contributed by atoms with Gasteiger partial charge in [0.05, 0.1) is 6.33 Å². The van der Waals surface area contributed by atoms with Crippen LogP contribution in [0.4, 0.5) is 0 Å². The van der Waals surface area contributed by atoms with E-state index in [2.05, 4.69) is 34.6 Å². The molecular weight excluding hydrogens is 264 g/mol. The van der Waals surface area contributed by atoms with E-state index < -0.39 is 0 Å². The lowest BCUT2D eigenvalue weighted by Crippen LogP contribution is -2.39. The van der Waals surface area contributed by atoms with E-state index in [9.17, 15) is 4.79 Å². The van der Waals surface area contributed by atoms with Crippen LogP contribution in [0.1, 0.15) is 28.0 Å². The van der Waals surface area contributed by atoms with E-state index in [0.717, 1.165) is 19.3 Å². The molecule has 0 radical (unpaired) electrons. The van der Waals surface area contributed by atoms with Crippen molar-refractivity contribution in [3.8, 4) is 0 Å². The van der Waals surface area contributed by atoms with Crippen LogP contribution in [0.5, 0.6) is 0 Å². The summed E-state index contributed by atoms with van der Waals surface area (Å²) in [6, 6.07) is 8.62. The molecule has 1 amide bonds. The third-order valence-electron chi connectivity index (χ3n) is 3.94. The number of fused-ring (bicyclic) bond motifs is 1. The first-order valence-electron chi connectivity index (χ1n) is 7.36. The summed E-state index contributed by atoms with van der Waals surface area (Å²) in [5.41, 5.74) is 8.69. The average Bonchev–Trinajstić information content (AvgIpc) is 2.96. The standard InChI is InChI=1S/C16H20N4O/c17-7-8-20-10-15(18-11-20)16(21)19-14-6-5-12-3-1-2-4-13(12)9-14/h1-4,10-11,14H,5-9,17H2,(H,19,21). The molecule has 0 saturated carbocycles. The summed E-state index contributed by atoms with van der Waals surface area (Å²) in [5.74, 6) is -0.102. The van der Waals surface area contributed by atoms with Crippen LogP contribution in [-0.2, 0) is 19.4 Å². The van der Waals surface area contributed by atoms with E-state index >= 15 is 0 Å². The molecule has 5 heteroatoms. The Morgan fingerprint density at radius 2 is 2.19 bits per heavy atom. The molecule has 5 nitrogen and oxygen atoms in total. The van der Waals surface area contributed by atoms with Crippen molar-refractivity contribution in [3.05, 3.63) is 53.6 Å². The zero-order valence-electron chi connectivity index (χ0n) is 12.0. The summed E-state index contributed by atoms with van der Waals surface area (Å²) in [4.78, 5) is 16.4. The predicted octanol–water partition coefficient (Wildman–Crippen LogP) is 1.13. The number of nitrogens with one attached hydrogen (secondary N) is 1. The van der Waals surface area contributed by atoms with Gasteiger partial charge < -0.3 is 15.6 Å². The number of hydrogen-bond donors (Lipinski definition) is 2. The number of aryl methyl sites for hydroxylation is 1. The zero-order chi connectivity index (χ0) is 14.7. The van der Waals surface area contributed by atoms with Crippen molar-refractivity contribution in [3.63, 3.8) is 0 Å². The normalized spacial score (nSPS) is 17.3. The molecule has 21 heavy (non-hydrogen) atoms. The number of benzene rings is 1. The van der Waals surface area contributed by atoms with Gasteiger partial charge >= 0.3 is 0 Å². The molecule has 110 valence electrons. The molecule has 0 fully saturated rings. The van der Waals surface area contributed by atoms with Gasteiger partial charge in [0.2, 0.25) is 0 Å². The minimum absolute atomic E-state index is 0.102. The van der Waals surface area contributed by atoms with Gasteiger partial charge in [0.25, 0.3) is 5.91 Å². The maximum atomic E-state index is 12.2. The van der Waals surface area contributed by atoms with Gasteiger partial charge in [-0.3, -0.25) is 4.79 Å². The lowest BCUT2D eigenvalue weighted by Gasteiger charge is -2.25. The molecule has 1 aromatic carbocycles. The molecule has 1 aromatic heterocycles. The van der Waals surface area contributed by atoms with Crippen molar-refractivity contribution in [1.29, 1.82) is 0 Å². The second-order valence-corrected chi connectivity index (χ2v) is 5.47. The number of carbonyl (C=O) groups is 1. The minimum Gasteiger partial charge on any atom is -0.348 e. The minimum atomic E-state index is -0.102. The molecule has 1 aliphatic rings. The highest BCUT2D eigenvalue weighted by Gasteiger charge is 2.21. The third-order valence-corrected chi connectivity index (χ3v) is 3.94. The number of rotatable bonds is 4. The highest BCUT2D eigenvalue weighted by molar-refractivity contribution is 5.92. The maximum absolute atomic E-state index is 12.2. The second-order valence-electron chi connectivity index (χ2n) is 5.47. The number of aromatic nitrogens is 2. The highest BCUT2D eigenvalue weighted by atomic mass is 16.2. The number of imidazole rings is 1. The molecule has 0 saturated heterocycles. The molecule has 1 unspecified atom stereocenters. The van der Waals surface area contributed by atoms with Gasteiger partial charge in [-0.25, -0.2) is 4.98 Å². The Labute approximate surface area is 124 Å². The Hall–Kier alpha value is -2.14. The summed E-state index contributed by atoms with van der Waals surface area (Å²) in [6.07, 6.45) is 6.29. The van der Waals surface area contributed by atoms with Crippen LogP contribution in [0.15, 0.2) is 36.8 Å². The van der Waals surface area contributed by atoms with Crippen LogP contribution in [0.3, 0.4) is 0 Å². The zero-order valence-corrected chi connectivity index (χ0v) is 12.0. The first kappa shape index (κ1) is 13.8. The van der Waals surface area contributed by atoms with Gasteiger partial charge in [-0.05, 0) is 30.4 Å². The molecule has 3 N–H and O–H groups in total. The molecule has 1 aliphatic carbocycles. The predicted molar refractivity (Wildman–Crippen MR) is 81.0 cm³/mol. The van der Waals surface area contributed by atoms with Crippen LogP contribution >= 0.6 is 0 Å². The SMILES string of the molecule is NCCn1cnc(C(=O)NC2CCc3ccccc3C2)c1. The highest BCUT2D eigenvalue weighted by Crippen LogP contribution is 2.21. The van der Waals surface area contributed by atoms with Crippen molar-refractivity contribution >= 4 is 5.91 Å². The van der Waals surface area contributed by atoms with Gasteiger partial charge in [-0.1, -0.05) is 24.3 Å². The third kappa shape index (κ3) is 3.13. The van der Waals surface area contributed by atoms with Crippen LogP contribution in [0, 0.1) is 0 Å². The number of carbonyl (C=O) groups excluding carboxylic acids is 1. The first-order valence-corrected chi connectivity index (χ1v) is 7.36. The summed E-state index contributed by atoms with van der Waals surface area (Å²) in [5, 5.41) is 3.09. The lowest BCUT2D eigenvalue weighted by atomic mass is 9.88. The average molecular weight is 284 g/mol. The molecule has 2 aromatic rings. The Morgan fingerprint density at radius 1 is 1.38 bits per heavy atom. The fourth-order valence-electron chi connectivity index (χ4n) is 2.83. The summed E-state index contributed by atoms with van der Waals surface area (Å²) >= 11 is 0. The molecular formula is C16H20N4O. The lowest BCUT2D eigenvalue weighted by molar-refractivity contribution is 0.0929. The van der Waals surface area contributed by atoms with E-state index in [1.54, 1.807) is 12.5 Å². The van der Waals surface area contributed by atoms with Gasteiger partial charge in [-0.2, -0.15) is 0 Å². The fourth-order valence-corrected chi connectivity index (χ4v) is 2.83. The van der Waals surface area contributed by atoms with E-state index in [-0.39, 0.29) is 11.9 Å². The van der Waals surface area contributed by atoms with Gasteiger partial charge in [0.15, 0.2) is 0 Å². The molecule has 0 bridgehead atoms. The second kappa shape index (κ2) is 6.10. The monoisotopic (exact) mass is 284 g/mol. The Balaban J connectivity index is 1.63. The molecule has 1 atom stereocenters. The summed E-state index contributed by atoms with van der Waals surface area (Å²) in [6.45, 7) is 1.22. The van der Waals surface area contributed by atoms with E-state index in [1.165, 1.54) is 11.1 Å². The summed E-state index contributed by atoms with van der Waals surface area (Å²) < 4.78 is 1.84. The fraction of sp³-hybridized carbons (Fsp3) is 0.375. The molecule has 3 rings (SSSR count). The van der Waals surface area contributed by atoms with Gasteiger partial charge in [0.1, 0.15) is 5.69 Å². The van der Waals surface area contributed by atoms with Gasteiger partial charge in [0, 0.05) is 25.3 Å². The van der Waals surface area contributed by atoms with Crippen LogP contribution in [0.25, 0.3) is 0 Å². The summed E-state index contributed by atoms with van der Waals surface area (Å²) in [7, 11) is 0. The quantitative estimate of drug-likeness (QED) is 0.884. The number of nitrogens with zero attached hydrogens (tertiary/aromatic N) is 2. The smallest absolute Gasteiger partial charge is 0.271 e. The van der Waals surface area contributed by atoms with Crippen molar-refractivity contribution in [2.75, 3.05) is 6.54 Å². The molecule has 0 spiro atoms. The van der Waals surface area contributed by atoms with E-state index in [1.807, 2.05) is 4.57 Å². The molecule has 0 aliphatic heterocycles. The Morgan fingerprint density at radius 3 is 3.00 bits per heavy atom. The molecule has 1 heterocycles. The van der Waals surface area contributed by atoms with Crippen molar-refractivity contribution in [2.24, 2.45) is 5.73 Å². The van der Waals surface area contributed by atoms with Crippen molar-refractivity contribution < 1.29 is 4.79 Å². The first-order chi connectivity index (χ1) is 10.3. The van der Waals surface area contributed by atoms with E-state index in [4.69, 9.17) is 5.73 Å². The largest absolute Gasteiger partial charge is 0.348 e. The van der Waals surface area contributed by atoms with Crippen molar-refractivity contribution in [2.45, 2.75) is 31.8 Å². The Kier molecular flexibility index (Phi) is 4.01. The van der Waals surface area contributed by atoms with Crippen molar-refractivity contribution in [1.82, 2.24) is 14.9 Å². The number of nitrogens with two attached hydrogens (primary N) is 1.